The fourth-order valence-electron chi connectivity index (χ4n) is 5.91. The molecule has 4 N–H and O–H groups in total. The number of carbonyl (C=O) groups excluding carboxylic acids is 3. The highest BCUT2D eigenvalue weighted by Gasteiger charge is 2.36. The molecule has 2 amide bonds. The number of thiazole rings is 1. The van der Waals surface area contributed by atoms with E-state index in [1.54, 1.807) is 71.2 Å². The molecular formula is C59H72N8O16S. The number of imide groups is 1. The Bertz CT molecular complexity index is 2840. The third kappa shape index (κ3) is 28.2. The fourth-order valence-corrected chi connectivity index (χ4v) is 6.51. The molecule has 7 rings (SSSR count). The van der Waals surface area contributed by atoms with Gasteiger partial charge in [0, 0.05) is 18.0 Å². The number of rotatable bonds is 27. The van der Waals surface area contributed by atoms with Gasteiger partial charge in [-0.15, -0.1) is 16.4 Å². The predicted octanol–water partition coefficient (Wildman–Crippen LogP) is 8.86. The van der Waals surface area contributed by atoms with E-state index < -0.39 is 17.8 Å². The van der Waals surface area contributed by atoms with Crippen LogP contribution in [0.3, 0.4) is 0 Å². The number of nitrogens with zero attached hydrogens (tertiary/aromatic N) is 7. The SMILES string of the molecule is CC/C=N/OCc1ccc(OC)cc1.CCC=O.CN.COc1ccc(CON=CCO)cc1.COc1ccc(CON=CCO/N=C(\C(=O)O)c2csc(C)n2)cc1.COc1ccc(CON=CCON2C(=O)c3ccccc3C2=O)cc1. The zero-order valence-electron chi connectivity index (χ0n) is 48.1. The van der Waals surface area contributed by atoms with Crippen LogP contribution in [0.25, 0.3) is 0 Å². The zero-order chi connectivity index (χ0) is 61.6. The molecular weight excluding hydrogens is 1110 g/mol. The number of aromatic nitrogens is 1. The first-order valence-electron chi connectivity index (χ1n) is 25.6. The summed E-state index contributed by atoms with van der Waals surface area (Å²) in [6.07, 6.45) is 8.13. The second-order valence-corrected chi connectivity index (χ2v) is 16.9. The lowest BCUT2D eigenvalue weighted by atomic mass is 10.1. The summed E-state index contributed by atoms with van der Waals surface area (Å²) in [7, 11) is 7.97. The van der Waals surface area contributed by atoms with E-state index in [0.717, 1.165) is 68.0 Å². The molecule has 84 heavy (non-hydrogen) atoms. The van der Waals surface area contributed by atoms with Crippen LogP contribution in [0.5, 0.6) is 23.0 Å². The molecule has 24 nitrogen and oxygen atoms in total. The predicted molar refractivity (Wildman–Crippen MR) is 319 cm³/mol. The molecule has 0 radical (unpaired) electrons. The third-order valence-corrected chi connectivity index (χ3v) is 10.8. The Hall–Kier alpha value is -9.56. The van der Waals surface area contributed by atoms with Crippen LogP contribution in [0.2, 0.25) is 0 Å². The number of carbonyl (C=O) groups is 4. The second-order valence-electron chi connectivity index (χ2n) is 15.8. The van der Waals surface area contributed by atoms with Gasteiger partial charge in [0.05, 0.1) is 69.8 Å². The highest BCUT2D eigenvalue weighted by molar-refractivity contribution is 7.09. The van der Waals surface area contributed by atoms with Crippen molar-refractivity contribution in [2.45, 2.75) is 60.0 Å². The summed E-state index contributed by atoms with van der Waals surface area (Å²) in [6.45, 7) is 6.88. The van der Waals surface area contributed by atoms with Gasteiger partial charge in [-0.3, -0.25) is 14.4 Å². The molecule has 6 aromatic rings. The average molecular weight is 1180 g/mol. The van der Waals surface area contributed by atoms with Gasteiger partial charge in [0.15, 0.2) is 6.61 Å². The molecule has 0 saturated heterocycles. The number of carboxylic acids is 1. The number of nitrogens with two attached hydrogens (primary N) is 1. The van der Waals surface area contributed by atoms with Gasteiger partial charge in [0.2, 0.25) is 5.71 Å². The highest BCUT2D eigenvalue weighted by atomic mass is 32.1. The molecule has 0 unspecified atom stereocenters. The Labute approximate surface area is 492 Å². The molecule has 0 atom stereocenters. The van der Waals surface area contributed by atoms with Crippen molar-refractivity contribution in [3.8, 4) is 23.0 Å². The van der Waals surface area contributed by atoms with Crippen molar-refractivity contribution < 1.29 is 77.4 Å². The number of carboxylic acid groups (broad SMARTS) is 1. The van der Waals surface area contributed by atoms with E-state index in [4.69, 9.17) is 58.2 Å². The topological polar surface area (TPSA) is 305 Å². The van der Waals surface area contributed by atoms with Crippen LogP contribution in [0.4, 0.5) is 0 Å². The first-order valence-corrected chi connectivity index (χ1v) is 26.5. The largest absolute Gasteiger partial charge is 0.497 e. The number of benzene rings is 5. The van der Waals surface area contributed by atoms with E-state index in [1.807, 2.05) is 111 Å². The minimum Gasteiger partial charge on any atom is -0.497 e. The van der Waals surface area contributed by atoms with Crippen LogP contribution >= 0.6 is 11.3 Å². The van der Waals surface area contributed by atoms with Gasteiger partial charge in [-0.2, -0.15) is 0 Å². The minimum atomic E-state index is -1.21. The summed E-state index contributed by atoms with van der Waals surface area (Å²) in [5.41, 5.74) is 9.13. The summed E-state index contributed by atoms with van der Waals surface area (Å²) in [5, 5.41) is 38.9. The van der Waals surface area contributed by atoms with Crippen molar-refractivity contribution in [1.29, 1.82) is 0 Å². The smallest absolute Gasteiger partial charge is 0.360 e. The quantitative estimate of drug-likeness (QED) is 0.0142. The Balaban J connectivity index is 0.000000382. The maximum Gasteiger partial charge on any atom is 0.360 e. The number of aliphatic hydroxyl groups is 1. The standard InChI is InChI=1S/C18H16N2O5.C16H17N3O5S.C11H15NO2.C10H13NO3.C3H6O.CH5N/c1-23-14-8-6-13(7-9-14)12-24-19-10-11-25-20-17(21)15-4-2-3-5-16(15)18(20)22;1-11-18-14(10-25-11)15(16(20)21)19-23-8-7-17-24-9-12-3-5-13(22-2)6-4-12;1-3-8-12-14-9-10-4-6-11(13-2)7-5-10;1-13-10-4-2-9(3-5-10)8-14-11-6-7-12;1-2-3-4;1-2/h2-10H,11-12H2,1H3;3-7,10H,8-9H2,1-2H3,(H,20,21);4-8H,3,9H2,1-2H3;2-6,12H,7-8H2,1H3;3H,2H2,1H3;2H2,1H3/b;17-7?,19-15-;12-8+;;;. The molecule has 1 aliphatic heterocycles. The molecule has 5 aromatic carbocycles. The number of hydrogen-bond donors (Lipinski definition) is 3. The number of ether oxygens (including phenoxy) is 4. The van der Waals surface area contributed by atoms with Crippen molar-refractivity contribution in [1.82, 2.24) is 10.0 Å². The van der Waals surface area contributed by atoms with Crippen molar-refractivity contribution in [3.05, 3.63) is 171 Å². The molecule has 1 aromatic heterocycles. The van der Waals surface area contributed by atoms with Crippen molar-refractivity contribution in [2.24, 2.45) is 31.5 Å². The number of amides is 2. The van der Waals surface area contributed by atoms with Crippen molar-refractivity contribution in [2.75, 3.05) is 55.3 Å². The van der Waals surface area contributed by atoms with Crippen LogP contribution in [0.1, 0.15) is 80.4 Å². The molecule has 450 valence electrons. The number of aliphatic carboxylic acids is 1. The van der Waals surface area contributed by atoms with Gasteiger partial charge >= 0.3 is 5.97 Å². The van der Waals surface area contributed by atoms with Gasteiger partial charge < -0.3 is 63.9 Å². The molecule has 1 aliphatic rings. The van der Waals surface area contributed by atoms with E-state index >= 15 is 0 Å². The molecule has 0 fully saturated rings. The van der Waals surface area contributed by atoms with Gasteiger partial charge in [-0.1, -0.05) is 100 Å². The maximum atomic E-state index is 12.1. The number of oxime groups is 5. The van der Waals surface area contributed by atoms with Crippen LogP contribution in [0, 0.1) is 6.92 Å². The van der Waals surface area contributed by atoms with Gasteiger partial charge in [-0.25, -0.2) is 9.78 Å². The first kappa shape index (κ1) is 70.5. The fraction of sp³-hybridized carbons (Fsp3) is 0.288. The Morgan fingerprint density at radius 2 is 0.940 bits per heavy atom. The van der Waals surface area contributed by atoms with Crippen molar-refractivity contribution >= 4 is 66.0 Å². The summed E-state index contributed by atoms with van der Waals surface area (Å²) in [4.78, 5) is 78.8. The molecule has 0 saturated carbocycles. The number of fused-ring (bicyclic) bond motifs is 1. The van der Waals surface area contributed by atoms with Gasteiger partial charge in [0.25, 0.3) is 11.8 Å². The number of hydrogen-bond acceptors (Lipinski definition) is 23. The number of aryl methyl sites for hydroxylation is 1. The molecule has 2 heterocycles. The zero-order valence-corrected chi connectivity index (χ0v) is 48.9. The lowest BCUT2D eigenvalue weighted by molar-refractivity contribution is -0.129. The second kappa shape index (κ2) is 44.1. The number of hydroxylamine groups is 2. The Kier molecular flexibility index (Phi) is 37.1. The molecule has 25 heteroatoms. The van der Waals surface area contributed by atoms with Gasteiger partial charge in [-0.05, 0) is 103 Å². The van der Waals surface area contributed by atoms with Crippen molar-refractivity contribution in [3.63, 3.8) is 0 Å². The first-order chi connectivity index (χ1) is 40.9. The van der Waals surface area contributed by atoms with Gasteiger partial charge in [0.1, 0.15) is 68.0 Å². The lowest BCUT2D eigenvalue weighted by Gasteiger charge is -2.11. The monoisotopic (exact) mass is 1180 g/mol. The molecule has 0 bridgehead atoms. The van der Waals surface area contributed by atoms with E-state index in [2.05, 4.69) is 36.5 Å². The summed E-state index contributed by atoms with van der Waals surface area (Å²) in [5.74, 6) is 1.03. The average Bonchev–Trinajstić information content (AvgIpc) is 4.11. The van der Waals surface area contributed by atoms with Crippen LogP contribution < -0.4 is 24.7 Å². The van der Waals surface area contributed by atoms with E-state index in [0.29, 0.717) is 37.4 Å². The summed E-state index contributed by atoms with van der Waals surface area (Å²) < 4.78 is 20.2. The van der Waals surface area contributed by atoms with E-state index in [-0.39, 0.29) is 37.8 Å². The number of methoxy groups -OCH3 is 4. The summed E-state index contributed by atoms with van der Waals surface area (Å²) in [6, 6.07) is 36.6. The van der Waals surface area contributed by atoms with E-state index in [9.17, 15) is 19.2 Å². The van der Waals surface area contributed by atoms with Crippen LogP contribution in [-0.2, 0) is 65.0 Å². The normalized spacial score (nSPS) is 11.3. The minimum absolute atomic E-state index is 0.0253. The number of aldehydes is 1. The van der Waals surface area contributed by atoms with Crippen LogP contribution in [0.15, 0.2) is 152 Å². The lowest BCUT2D eigenvalue weighted by Crippen LogP contribution is -2.30. The number of aliphatic hydroxyl groups excluding tert-OH is 1. The molecule has 0 spiro atoms. The maximum absolute atomic E-state index is 12.1. The van der Waals surface area contributed by atoms with E-state index in [1.165, 1.54) is 37.0 Å². The highest BCUT2D eigenvalue weighted by Crippen LogP contribution is 2.22. The summed E-state index contributed by atoms with van der Waals surface area (Å²) >= 11 is 1.34. The third-order valence-electron chi connectivity index (χ3n) is 9.99. The molecule has 0 aliphatic carbocycles. The van der Waals surface area contributed by atoms with Crippen LogP contribution in [-0.4, -0.2) is 130 Å². The Morgan fingerprint density at radius 1 is 0.571 bits per heavy atom. The Morgan fingerprint density at radius 3 is 1.26 bits per heavy atom.